The van der Waals surface area contributed by atoms with Crippen LogP contribution in [0.1, 0.15) is 36.6 Å². The molecule has 2 heteroatoms. The van der Waals surface area contributed by atoms with E-state index in [1.165, 1.54) is 16.7 Å². The lowest BCUT2D eigenvalue weighted by Crippen LogP contribution is -2.30. The Bertz CT molecular complexity index is 545. The van der Waals surface area contributed by atoms with E-state index in [0.29, 0.717) is 12.1 Å². The second kappa shape index (κ2) is 7.28. The third-order valence-electron chi connectivity index (χ3n) is 3.81. The van der Waals surface area contributed by atoms with Gasteiger partial charge >= 0.3 is 0 Å². The van der Waals surface area contributed by atoms with E-state index in [-0.39, 0.29) is 0 Å². The molecule has 0 spiro atoms. The van der Waals surface area contributed by atoms with Crippen molar-refractivity contribution in [2.45, 2.75) is 39.3 Å². The van der Waals surface area contributed by atoms with Crippen LogP contribution in [0.3, 0.4) is 0 Å². The molecule has 0 aliphatic heterocycles. The maximum atomic E-state index is 5.19. The van der Waals surface area contributed by atoms with E-state index < -0.39 is 0 Å². The van der Waals surface area contributed by atoms with Gasteiger partial charge in [0, 0.05) is 12.1 Å². The number of methoxy groups -OCH3 is 1. The fourth-order valence-electron chi connectivity index (χ4n) is 2.55. The topological polar surface area (TPSA) is 21.3 Å². The summed E-state index contributed by atoms with van der Waals surface area (Å²) in [6.07, 6.45) is 1.01. The van der Waals surface area contributed by atoms with Gasteiger partial charge in [-0.25, -0.2) is 0 Å². The van der Waals surface area contributed by atoms with Crippen LogP contribution >= 0.6 is 0 Å². The Hall–Kier alpha value is -1.80. The zero-order valence-corrected chi connectivity index (χ0v) is 13.4. The van der Waals surface area contributed by atoms with E-state index in [1.54, 1.807) is 7.11 Å². The molecule has 2 aromatic rings. The van der Waals surface area contributed by atoms with Crippen molar-refractivity contribution in [3.8, 4) is 5.75 Å². The van der Waals surface area contributed by atoms with Crippen LogP contribution in [0.25, 0.3) is 0 Å². The molecular formula is C19H25NO. The van der Waals surface area contributed by atoms with Crippen LogP contribution < -0.4 is 10.1 Å². The summed E-state index contributed by atoms with van der Waals surface area (Å²) in [4.78, 5) is 0. The summed E-state index contributed by atoms with van der Waals surface area (Å²) < 4.78 is 5.19. The summed E-state index contributed by atoms with van der Waals surface area (Å²) in [6.45, 7) is 6.57. The molecule has 0 bridgehead atoms. The monoisotopic (exact) mass is 283 g/mol. The maximum Gasteiger partial charge on any atom is 0.118 e. The fourth-order valence-corrected chi connectivity index (χ4v) is 2.55. The zero-order chi connectivity index (χ0) is 15.2. The van der Waals surface area contributed by atoms with Crippen LogP contribution in [0, 0.1) is 6.92 Å². The standard InChI is InChI=1S/C19H25NO/c1-14-5-9-18(10-6-14)16(3)20-15(2)13-17-7-11-19(21-4)12-8-17/h5-12,15-16,20H,13H2,1-4H3/t15?,16-/m1/s1. The molecule has 0 amide bonds. The number of nitrogens with one attached hydrogen (secondary N) is 1. The van der Waals surface area contributed by atoms with Crippen LogP contribution in [0.5, 0.6) is 5.75 Å². The molecule has 1 unspecified atom stereocenters. The molecule has 2 aromatic carbocycles. The molecule has 2 atom stereocenters. The Morgan fingerprint density at radius 1 is 0.952 bits per heavy atom. The average molecular weight is 283 g/mol. The van der Waals surface area contributed by atoms with E-state index in [4.69, 9.17) is 4.74 Å². The van der Waals surface area contributed by atoms with Gasteiger partial charge in [0.15, 0.2) is 0 Å². The van der Waals surface area contributed by atoms with Crippen molar-refractivity contribution in [1.29, 1.82) is 0 Å². The number of ether oxygens (including phenoxy) is 1. The SMILES string of the molecule is COc1ccc(CC(C)N[C@H](C)c2ccc(C)cc2)cc1. The van der Waals surface area contributed by atoms with Crippen LogP contribution in [-0.2, 0) is 6.42 Å². The number of rotatable bonds is 6. The summed E-state index contributed by atoms with van der Waals surface area (Å²) in [5, 5.41) is 3.66. The van der Waals surface area contributed by atoms with Gasteiger partial charge < -0.3 is 10.1 Å². The highest BCUT2D eigenvalue weighted by atomic mass is 16.5. The van der Waals surface area contributed by atoms with E-state index >= 15 is 0 Å². The lowest BCUT2D eigenvalue weighted by atomic mass is 10.0. The van der Waals surface area contributed by atoms with E-state index in [0.717, 1.165) is 12.2 Å². The minimum Gasteiger partial charge on any atom is -0.497 e. The normalized spacial score (nSPS) is 13.7. The van der Waals surface area contributed by atoms with Crippen LogP contribution in [0.15, 0.2) is 48.5 Å². The van der Waals surface area contributed by atoms with Crippen molar-refractivity contribution in [2.24, 2.45) is 0 Å². The summed E-state index contributed by atoms with van der Waals surface area (Å²) in [7, 11) is 1.70. The highest BCUT2D eigenvalue weighted by Crippen LogP contribution is 2.16. The van der Waals surface area contributed by atoms with Gasteiger partial charge in [0.1, 0.15) is 5.75 Å². The van der Waals surface area contributed by atoms with Crippen molar-refractivity contribution in [2.75, 3.05) is 7.11 Å². The summed E-state index contributed by atoms with van der Waals surface area (Å²) >= 11 is 0. The average Bonchev–Trinajstić information content (AvgIpc) is 2.48. The number of hydrogen-bond donors (Lipinski definition) is 1. The first-order valence-electron chi connectivity index (χ1n) is 7.54. The van der Waals surface area contributed by atoms with Crippen molar-refractivity contribution < 1.29 is 4.74 Å². The predicted molar refractivity (Wildman–Crippen MR) is 88.9 cm³/mol. The second-order valence-corrected chi connectivity index (χ2v) is 5.75. The van der Waals surface area contributed by atoms with E-state index in [9.17, 15) is 0 Å². The molecule has 0 aromatic heterocycles. The molecule has 2 rings (SSSR count). The van der Waals surface area contributed by atoms with Crippen molar-refractivity contribution in [1.82, 2.24) is 5.32 Å². The molecule has 21 heavy (non-hydrogen) atoms. The Labute approximate surface area is 128 Å². The Morgan fingerprint density at radius 3 is 2.14 bits per heavy atom. The van der Waals surface area contributed by atoms with Gasteiger partial charge in [0.05, 0.1) is 7.11 Å². The number of hydrogen-bond acceptors (Lipinski definition) is 2. The van der Waals surface area contributed by atoms with E-state index in [1.807, 2.05) is 12.1 Å². The molecule has 1 N–H and O–H groups in total. The molecule has 0 fully saturated rings. The molecule has 0 heterocycles. The molecule has 0 saturated heterocycles. The van der Waals surface area contributed by atoms with Crippen molar-refractivity contribution >= 4 is 0 Å². The first kappa shape index (κ1) is 15.6. The Balaban J connectivity index is 1.91. The molecule has 0 saturated carbocycles. The summed E-state index contributed by atoms with van der Waals surface area (Å²) in [6, 6.07) is 17.8. The van der Waals surface area contributed by atoms with E-state index in [2.05, 4.69) is 62.5 Å². The third kappa shape index (κ3) is 4.61. The van der Waals surface area contributed by atoms with Gasteiger partial charge in [-0.2, -0.15) is 0 Å². The van der Waals surface area contributed by atoms with Gasteiger partial charge in [0.2, 0.25) is 0 Å². The predicted octanol–water partition coefficient (Wildman–Crippen LogP) is 4.29. The quantitative estimate of drug-likeness (QED) is 0.854. The van der Waals surface area contributed by atoms with Gasteiger partial charge in [0.25, 0.3) is 0 Å². The third-order valence-corrected chi connectivity index (χ3v) is 3.81. The van der Waals surface area contributed by atoms with Crippen LogP contribution in [-0.4, -0.2) is 13.2 Å². The lowest BCUT2D eigenvalue weighted by Gasteiger charge is -2.21. The first-order chi connectivity index (χ1) is 10.1. The smallest absolute Gasteiger partial charge is 0.118 e. The molecule has 2 nitrogen and oxygen atoms in total. The van der Waals surface area contributed by atoms with Crippen LogP contribution in [0.4, 0.5) is 0 Å². The molecule has 112 valence electrons. The lowest BCUT2D eigenvalue weighted by molar-refractivity contribution is 0.414. The molecule has 0 aliphatic rings. The Kier molecular flexibility index (Phi) is 5.40. The van der Waals surface area contributed by atoms with Crippen molar-refractivity contribution in [3.63, 3.8) is 0 Å². The molecular weight excluding hydrogens is 258 g/mol. The summed E-state index contributed by atoms with van der Waals surface area (Å²) in [5.74, 6) is 0.910. The number of benzene rings is 2. The summed E-state index contributed by atoms with van der Waals surface area (Å²) in [5.41, 5.74) is 3.96. The number of aryl methyl sites for hydroxylation is 1. The highest BCUT2D eigenvalue weighted by Gasteiger charge is 2.10. The van der Waals surface area contributed by atoms with Gasteiger partial charge in [-0.05, 0) is 50.5 Å². The fraction of sp³-hybridized carbons (Fsp3) is 0.368. The van der Waals surface area contributed by atoms with Crippen LogP contribution in [0.2, 0.25) is 0 Å². The van der Waals surface area contributed by atoms with Crippen molar-refractivity contribution in [3.05, 3.63) is 65.2 Å². The van der Waals surface area contributed by atoms with Gasteiger partial charge in [-0.3, -0.25) is 0 Å². The molecule has 0 aliphatic carbocycles. The van der Waals surface area contributed by atoms with Gasteiger partial charge in [-0.1, -0.05) is 42.0 Å². The van der Waals surface area contributed by atoms with Gasteiger partial charge in [-0.15, -0.1) is 0 Å². The maximum absolute atomic E-state index is 5.19. The highest BCUT2D eigenvalue weighted by molar-refractivity contribution is 5.28. The molecule has 0 radical (unpaired) electrons. The minimum atomic E-state index is 0.360. The minimum absolute atomic E-state index is 0.360. The largest absolute Gasteiger partial charge is 0.497 e. The second-order valence-electron chi connectivity index (χ2n) is 5.75. The Morgan fingerprint density at radius 2 is 1.57 bits per heavy atom. The zero-order valence-electron chi connectivity index (χ0n) is 13.4. The first-order valence-corrected chi connectivity index (χ1v) is 7.54.